The van der Waals surface area contributed by atoms with Gasteiger partial charge in [0.05, 0.1) is 22.1 Å². The van der Waals surface area contributed by atoms with E-state index in [-0.39, 0.29) is 0 Å². The van der Waals surface area contributed by atoms with Crippen LogP contribution in [0.1, 0.15) is 0 Å². The van der Waals surface area contributed by atoms with Crippen LogP contribution in [0.25, 0.3) is 134 Å². The summed E-state index contributed by atoms with van der Waals surface area (Å²) in [6.45, 7) is 0. The fraction of sp³-hybridized carbons (Fsp3) is 0. The summed E-state index contributed by atoms with van der Waals surface area (Å²) >= 11 is 0. The van der Waals surface area contributed by atoms with Gasteiger partial charge in [0.2, 0.25) is 11.9 Å². The van der Waals surface area contributed by atoms with Gasteiger partial charge < -0.3 is 0 Å². The third-order valence-electron chi connectivity index (χ3n) is 13.9. The molecule has 0 saturated carbocycles. The summed E-state index contributed by atoms with van der Waals surface area (Å²) < 4.78 is 4.39. The van der Waals surface area contributed by atoms with E-state index in [1.54, 1.807) is 0 Å². The van der Waals surface area contributed by atoms with Gasteiger partial charge in [-0.15, -0.1) is 0 Å². The first kappa shape index (κ1) is 42.7. The molecular weight excluding hydrogens is 905 g/mol. The maximum atomic E-state index is 5.33. The predicted octanol–water partition coefficient (Wildman–Crippen LogP) is 15.9. The van der Waals surface area contributed by atoms with Crippen molar-refractivity contribution in [2.75, 3.05) is 0 Å². The molecular formula is C66H42N8. The Kier molecular flexibility index (Phi) is 10.3. The molecule has 4 aromatic heterocycles. The van der Waals surface area contributed by atoms with Crippen molar-refractivity contribution in [1.29, 1.82) is 0 Å². The molecule has 0 aliphatic carbocycles. The molecule has 0 aliphatic rings. The minimum Gasteiger partial charge on any atom is -0.278 e. The van der Waals surface area contributed by atoms with Gasteiger partial charge in [-0.2, -0.15) is 19.9 Å². The van der Waals surface area contributed by atoms with Gasteiger partial charge >= 0.3 is 0 Å². The Morgan fingerprint density at radius 3 is 0.919 bits per heavy atom. The predicted molar refractivity (Wildman–Crippen MR) is 300 cm³/mol. The van der Waals surface area contributed by atoms with Gasteiger partial charge in [-0.25, -0.2) is 9.97 Å². The smallest absolute Gasteiger partial charge is 0.238 e. The Labute approximate surface area is 426 Å². The number of hydrogen-bond acceptors (Lipinski definition) is 6. The molecule has 14 rings (SSSR count). The Morgan fingerprint density at radius 2 is 0.514 bits per heavy atom. The minimum atomic E-state index is 0.534. The Morgan fingerprint density at radius 1 is 0.216 bits per heavy atom. The number of nitrogens with zero attached hydrogens (tertiary/aromatic N) is 8. The number of benzene rings is 10. The van der Waals surface area contributed by atoms with Gasteiger partial charge in [0.1, 0.15) is 0 Å². The molecule has 346 valence electrons. The van der Waals surface area contributed by atoms with Crippen LogP contribution in [0, 0.1) is 0 Å². The van der Waals surface area contributed by atoms with Crippen molar-refractivity contribution in [2.45, 2.75) is 0 Å². The van der Waals surface area contributed by atoms with Gasteiger partial charge in [0.25, 0.3) is 0 Å². The van der Waals surface area contributed by atoms with Gasteiger partial charge in [-0.1, -0.05) is 218 Å². The molecule has 8 nitrogen and oxygen atoms in total. The lowest BCUT2D eigenvalue weighted by Crippen LogP contribution is -2.06. The van der Waals surface area contributed by atoms with E-state index in [0.717, 1.165) is 99.2 Å². The summed E-state index contributed by atoms with van der Waals surface area (Å²) in [6, 6.07) is 88.2. The molecule has 0 radical (unpaired) electrons. The number of para-hydroxylation sites is 2. The molecule has 0 aliphatic heterocycles. The molecule has 0 bridgehead atoms. The summed E-state index contributed by atoms with van der Waals surface area (Å²) in [4.78, 5) is 31.5. The first-order valence-electron chi connectivity index (χ1n) is 24.7. The first-order chi connectivity index (χ1) is 36.7. The molecule has 0 spiro atoms. The van der Waals surface area contributed by atoms with Gasteiger partial charge in [-0.05, 0) is 69.8 Å². The van der Waals surface area contributed by atoms with Crippen molar-refractivity contribution in [3.05, 3.63) is 255 Å². The van der Waals surface area contributed by atoms with Gasteiger partial charge in [-0.3, -0.25) is 9.13 Å². The summed E-state index contributed by atoms with van der Waals surface area (Å²) in [6.07, 6.45) is 0. The summed E-state index contributed by atoms with van der Waals surface area (Å²) in [7, 11) is 0. The quantitative estimate of drug-likeness (QED) is 0.143. The van der Waals surface area contributed by atoms with Gasteiger partial charge in [0.15, 0.2) is 23.3 Å². The van der Waals surface area contributed by atoms with Crippen LogP contribution >= 0.6 is 0 Å². The topological polar surface area (TPSA) is 87.2 Å². The molecule has 0 N–H and O–H groups in total. The first-order valence-corrected chi connectivity index (χ1v) is 24.7. The minimum absolute atomic E-state index is 0.534. The molecule has 8 heteroatoms. The number of hydrogen-bond donors (Lipinski definition) is 0. The van der Waals surface area contributed by atoms with E-state index >= 15 is 0 Å². The Balaban J connectivity index is 0.980. The van der Waals surface area contributed by atoms with Crippen LogP contribution in [-0.2, 0) is 0 Å². The van der Waals surface area contributed by atoms with Crippen molar-refractivity contribution in [3.8, 4) is 90.8 Å². The maximum absolute atomic E-state index is 5.33. The van der Waals surface area contributed by atoms with E-state index < -0.39 is 0 Å². The highest BCUT2D eigenvalue weighted by atomic mass is 15.2. The zero-order valence-corrected chi connectivity index (χ0v) is 39.8. The summed E-state index contributed by atoms with van der Waals surface area (Å²) in [5, 5.41) is 4.35. The number of aromatic nitrogens is 8. The van der Waals surface area contributed by atoms with E-state index in [1.807, 2.05) is 72.8 Å². The van der Waals surface area contributed by atoms with Crippen LogP contribution in [0.5, 0.6) is 0 Å². The molecule has 0 atom stereocenters. The fourth-order valence-corrected chi connectivity index (χ4v) is 10.5. The van der Waals surface area contributed by atoms with Crippen LogP contribution in [0.15, 0.2) is 255 Å². The number of rotatable bonds is 9. The lowest BCUT2D eigenvalue weighted by Gasteiger charge is -2.12. The van der Waals surface area contributed by atoms with Crippen molar-refractivity contribution < 1.29 is 0 Å². The molecule has 4 heterocycles. The highest BCUT2D eigenvalue weighted by molar-refractivity contribution is 6.22. The molecule has 0 amide bonds. The third kappa shape index (κ3) is 7.40. The molecule has 0 saturated heterocycles. The largest absolute Gasteiger partial charge is 0.278 e. The normalized spacial score (nSPS) is 11.5. The maximum Gasteiger partial charge on any atom is 0.238 e. The van der Waals surface area contributed by atoms with Crippen LogP contribution in [0.4, 0.5) is 0 Å². The average molecular weight is 947 g/mol. The monoisotopic (exact) mass is 946 g/mol. The van der Waals surface area contributed by atoms with Crippen molar-refractivity contribution in [2.24, 2.45) is 0 Å². The lowest BCUT2D eigenvalue weighted by molar-refractivity contribution is 0.953. The Bertz CT molecular complexity index is 4130. The molecule has 14 aromatic rings. The third-order valence-corrected chi connectivity index (χ3v) is 13.9. The second-order valence-electron chi connectivity index (χ2n) is 18.3. The molecule has 74 heavy (non-hydrogen) atoms. The highest BCUT2D eigenvalue weighted by Gasteiger charge is 2.24. The lowest BCUT2D eigenvalue weighted by atomic mass is 9.95. The SMILES string of the molecule is c1ccc(-c2cccc(-c3nc(-c4ccccc4)nc(-n4c5ccccc5c5c(-c6cccc7c6c6ccccc6n7-c6nc(-c7ccccc7)nc(-c7cccc(-c8ccccc8)c7)n6)cccc54)n3)c2)cc1. The molecule has 0 unspecified atom stereocenters. The zero-order chi connectivity index (χ0) is 49.0. The van der Waals surface area contributed by atoms with Crippen LogP contribution in [0.3, 0.4) is 0 Å². The second kappa shape index (κ2) is 17.9. The second-order valence-corrected chi connectivity index (χ2v) is 18.3. The molecule has 10 aromatic carbocycles. The Hall–Kier alpha value is -10.2. The van der Waals surface area contributed by atoms with Crippen molar-refractivity contribution in [3.63, 3.8) is 0 Å². The van der Waals surface area contributed by atoms with E-state index in [1.165, 1.54) is 0 Å². The fourth-order valence-electron chi connectivity index (χ4n) is 10.5. The summed E-state index contributed by atoms with van der Waals surface area (Å²) in [5.41, 5.74) is 14.1. The van der Waals surface area contributed by atoms with Crippen molar-refractivity contribution >= 4 is 43.6 Å². The van der Waals surface area contributed by atoms with E-state index in [4.69, 9.17) is 29.9 Å². The molecule has 0 fully saturated rings. The standard InChI is InChI=1S/C66H42N8/c1-5-21-43(22-6-1)47-29-17-31-49(41-47)63-67-61(45-25-9-3-10-26-45)69-65(71-63)73-55-37-15-13-33-53(55)59-51(35-19-39-57(59)73)52-36-20-40-58-60(52)54-34-14-16-38-56(54)74(58)66-70-62(46-27-11-4-12-28-46)68-64(72-66)50-32-18-30-48(42-50)44-23-7-2-8-24-44/h1-42H. The van der Waals surface area contributed by atoms with Crippen LogP contribution in [0.2, 0.25) is 0 Å². The van der Waals surface area contributed by atoms with E-state index in [9.17, 15) is 0 Å². The zero-order valence-electron chi connectivity index (χ0n) is 39.8. The van der Waals surface area contributed by atoms with Crippen LogP contribution in [-0.4, -0.2) is 39.0 Å². The number of fused-ring (bicyclic) bond motifs is 6. The van der Waals surface area contributed by atoms with E-state index in [2.05, 4.69) is 191 Å². The van der Waals surface area contributed by atoms with Crippen molar-refractivity contribution in [1.82, 2.24) is 39.0 Å². The van der Waals surface area contributed by atoms with Gasteiger partial charge in [0, 0.05) is 43.8 Å². The average Bonchev–Trinajstić information content (AvgIpc) is 4.02. The van der Waals surface area contributed by atoms with E-state index in [0.29, 0.717) is 35.2 Å². The van der Waals surface area contributed by atoms with Crippen LogP contribution < -0.4 is 0 Å². The highest BCUT2D eigenvalue weighted by Crippen LogP contribution is 2.44. The summed E-state index contributed by atoms with van der Waals surface area (Å²) in [5.74, 6) is 3.43.